The van der Waals surface area contributed by atoms with Crippen LogP contribution in [0.1, 0.15) is 17.4 Å². The molecule has 1 aromatic carbocycles. The minimum absolute atomic E-state index is 0.0270. The Balaban J connectivity index is 1.87. The van der Waals surface area contributed by atoms with Crippen LogP contribution in [0.4, 0.5) is 0 Å². The Morgan fingerprint density at radius 2 is 2.26 bits per heavy atom. The summed E-state index contributed by atoms with van der Waals surface area (Å²) in [6, 6.07) is 4.88. The van der Waals surface area contributed by atoms with Gasteiger partial charge in [-0.2, -0.15) is 4.98 Å². The van der Waals surface area contributed by atoms with E-state index in [-0.39, 0.29) is 17.5 Å². The van der Waals surface area contributed by atoms with Gasteiger partial charge >= 0.3 is 0 Å². The van der Waals surface area contributed by atoms with E-state index in [0.717, 1.165) is 25.2 Å². The number of benzene rings is 1. The number of piperazine rings is 1. The number of sulfonamides is 1. The van der Waals surface area contributed by atoms with Crippen LogP contribution in [0.2, 0.25) is 0 Å². The van der Waals surface area contributed by atoms with Gasteiger partial charge < -0.3 is 14.6 Å². The van der Waals surface area contributed by atoms with Gasteiger partial charge in [-0.3, -0.25) is 4.90 Å². The predicted molar refractivity (Wildman–Crippen MR) is 99.8 cm³/mol. The van der Waals surface area contributed by atoms with Crippen molar-refractivity contribution in [2.45, 2.75) is 17.9 Å². The quantitative estimate of drug-likeness (QED) is 0.654. The van der Waals surface area contributed by atoms with Crippen LogP contribution >= 0.6 is 0 Å². The van der Waals surface area contributed by atoms with Crippen molar-refractivity contribution in [1.29, 1.82) is 0 Å². The smallest absolute Gasteiger partial charge is 0.258 e. The third-order valence-corrected chi connectivity index (χ3v) is 6.06. The van der Waals surface area contributed by atoms with Crippen molar-refractivity contribution in [2.24, 2.45) is 0 Å². The number of hydrogen-bond donors (Lipinski definition) is 2. The van der Waals surface area contributed by atoms with Crippen LogP contribution in [0, 0.1) is 6.92 Å². The molecule has 0 spiro atoms. The lowest BCUT2D eigenvalue weighted by Gasteiger charge is -2.30. The Labute approximate surface area is 159 Å². The lowest BCUT2D eigenvalue weighted by molar-refractivity contribution is 0.190. The molecule has 1 saturated heterocycles. The van der Waals surface area contributed by atoms with Gasteiger partial charge in [0.15, 0.2) is 5.82 Å². The molecule has 0 saturated carbocycles. The molecule has 10 heteroatoms. The monoisotopic (exact) mass is 395 g/mol. The molecule has 2 aromatic rings. The van der Waals surface area contributed by atoms with Gasteiger partial charge in [-0.25, -0.2) is 13.1 Å². The summed E-state index contributed by atoms with van der Waals surface area (Å²) < 4.78 is 37.7. The Hall–Kier alpha value is -1.85. The molecule has 1 atom stereocenters. The zero-order valence-corrected chi connectivity index (χ0v) is 16.5. The van der Waals surface area contributed by atoms with Gasteiger partial charge in [-0.05, 0) is 31.7 Å². The van der Waals surface area contributed by atoms with E-state index in [1.165, 1.54) is 7.11 Å². The van der Waals surface area contributed by atoms with Crippen molar-refractivity contribution in [3.63, 3.8) is 0 Å². The third kappa shape index (κ3) is 4.53. The maximum atomic E-state index is 12.4. The molecule has 1 aliphatic heterocycles. The third-order valence-electron chi connectivity index (χ3n) is 4.60. The lowest BCUT2D eigenvalue weighted by Crippen LogP contribution is -2.44. The standard InChI is InChI=1S/C17H25N5O4S/c1-12-4-5-13(27(23,24)19-7-9-25-3)10-14(12)17-20-16(21-26-17)15-11-18-6-8-22(15)2/h4-5,10,15,18-19H,6-9,11H2,1-3H3. The van der Waals surface area contributed by atoms with Gasteiger partial charge in [0.05, 0.1) is 17.5 Å². The van der Waals surface area contributed by atoms with Crippen LogP contribution in [0.3, 0.4) is 0 Å². The second kappa shape index (κ2) is 8.44. The Morgan fingerprint density at radius 1 is 1.44 bits per heavy atom. The normalized spacial score (nSPS) is 18.7. The highest BCUT2D eigenvalue weighted by molar-refractivity contribution is 7.89. The molecule has 3 rings (SSSR count). The lowest BCUT2D eigenvalue weighted by atomic mass is 10.1. The largest absolute Gasteiger partial charge is 0.383 e. The number of likely N-dealkylation sites (N-methyl/N-ethyl adjacent to an activating group) is 1. The molecule has 1 fully saturated rings. The molecule has 0 amide bonds. The molecule has 148 valence electrons. The highest BCUT2D eigenvalue weighted by Crippen LogP contribution is 2.27. The molecule has 1 aromatic heterocycles. The first-order valence-electron chi connectivity index (χ1n) is 8.76. The first kappa shape index (κ1) is 19.9. The summed E-state index contributed by atoms with van der Waals surface area (Å²) >= 11 is 0. The minimum Gasteiger partial charge on any atom is -0.383 e. The van der Waals surface area contributed by atoms with Crippen molar-refractivity contribution in [3.8, 4) is 11.5 Å². The van der Waals surface area contributed by atoms with E-state index in [1.807, 2.05) is 14.0 Å². The summed E-state index contributed by atoms with van der Waals surface area (Å²) in [5, 5.41) is 7.43. The molecular weight excluding hydrogens is 370 g/mol. The van der Waals surface area contributed by atoms with E-state index in [1.54, 1.807) is 18.2 Å². The van der Waals surface area contributed by atoms with Crippen molar-refractivity contribution < 1.29 is 17.7 Å². The highest BCUT2D eigenvalue weighted by atomic mass is 32.2. The maximum Gasteiger partial charge on any atom is 0.258 e. The Kier molecular flexibility index (Phi) is 6.22. The second-order valence-electron chi connectivity index (χ2n) is 6.53. The minimum atomic E-state index is -3.64. The molecule has 0 radical (unpaired) electrons. The van der Waals surface area contributed by atoms with Crippen LogP contribution in [-0.2, 0) is 14.8 Å². The van der Waals surface area contributed by atoms with E-state index < -0.39 is 10.0 Å². The summed E-state index contributed by atoms with van der Waals surface area (Å²) in [7, 11) is -0.102. The van der Waals surface area contributed by atoms with Gasteiger partial charge in [0.2, 0.25) is 10.0 Å². The van der Waals surface area contributed by atoms with Crippen LogP contribution in [0.5, 0.6) is 0 Å². The Morgan fingerprint density at radius 3 is 3.00 bits per heavy atom. The van der Waals surface area contributed by atoms with Gasteiger partial charge in [0.25, 0.3) is 5.89 Å². The predicted octanol–water partition coefficient (Wildman–Crippen LogP) is 0.546. The fraction of sp³-hybridized carbons (Fsp3) is 0.529. The summed E-state index contributed by atoms with van der Waals surface area (Å²) in [4.78, 5) is 6.83. The zero-order chi connectivity index (χ0) is 19.4. The van der Waals surface area contributed by atoms with Gasteiger partial charge in [0, 0.05) is 38.9 Å². The molecule has 1 unspecified atom stereocenters. The molecular formula is C17H25N5O4S. The van der Waals surface area contributed by atoms with Gasteiger partial charge in [0.1, 0.15) is 0 Å². The van der Waals surface area contributed by atoms with E-state index in [0.29, 0.717) is 23.9 Å². The average molecular weight is 395 g/mol. The fourth-order valence-corrected chi connectivity index (χ4v) is 3.97. The molecule has 2 N–H and O–H groups in total. The number of aryl methyl sites for hydroxylation is 1. The highest BCUT2D eigenvalue weighted by Gasteiger charge is 2.26. The van der Waals surface area contributed by atoms with Crippen molar-refractivity contribution in [2.75, 3.05) is 46.9 Å². The number of nitrogens with zero attached hydrogens (tertiary/aromatic N) is 3. The number of aromatic nitrogens is 2. The summed E-state index contributed by atoms with van der Waals surface area (Å²) in [6.45, 7) is 4.94. The summed E-state index contributed by atoms with van der Waals surface area (Å²) in [6.07, 6.45) is 0. The number of ether oxygens (including phenoxy) is 1. The van der Waals surface area contributed by atoms with Gasteiger partial charge in [-0.1, -0.05) is 11.2 Å². The first-order chi connectivity index (χ1) is 12.9. The molecule has 0 bridgehead atoms. The number of rotatable bonds is 7. The van der Waals surface area contributed by atoms with E-state index in [2.05, 4.69) is 25.1 Å². The molecule has 2 heterocycles. The topological polar surface area (TPSA) is 110 Å². The summed E-state index contributed by atoms with van der Waals surface area (Å²) in [5.41, 5.74) is 1.46. The van der Waals surface area contributed by atoms with Gasteiger partial charge in [-0.15, -0.1) is 0 Å². The average Bonchev–Trinajstić information content (AvgIpc) is 3.12. The molecule has 9 nitrogen and oxygen atoms in total. The van der Waals surface area contributed by atoms with Crippen LogP contribution in [-0.4, -0.2) is 70.4 Å². The number of hydrogen-bond acceptors (Lipinski definition) is 8. The van der Waals surface area contributed by atoms with Crippen LogP contribution in [0.25, 0.3) is 11.5 Å². The van der Waals surface area contributed by atoms with E-state index in [9.17, 15) is 8.42 Å². The van der Waals surface area contributed by atoms with E-state index in [4.69, 9.17) is 9.26 Å². The number of methoxy groups -OCH3 is 1. The van der Waals surface area contributed by atoms with Crippen molar-refractivity contribution in [1.82, 2.24) is 25.1 Å². The van der Waals surface area contributed by atoms with Crippen LogP contribution < -0.4 is 10.0 Å². The SMILES string of the molecule is COCCNS(=O)(=O)c1ccc(C)c(-c2nc(C3CNCCN3C)no2)c1. The molecule has 0 aliphatic carbocycles. The maximum absolute atomic E-state index is 12.4. The first-order valence-corrected chi connectivity index (χ1v) is 10.2. The second-order valence-corrected chi connectivity index (χ2v) is 8.29. The van der Waals surface area contributed by atoms with Crippen LogP contribution in [0.15, 0.2) is 27.6 Å². The van der Waals surface area contributed by atoms with E-state index >= 15 is 0 Å². The van der Waals surface area contributed by atoms with Crippen molar-refractivity contribution in [3.05, 3.63) is 29.6 Å². The zero-order valence-electron chi connectivity index (χ0n) is 15.7. The van der Waals surface area contributed by atoms with Crippen molar-refractivity contribution >= 4 is 10.0 Å². The number of nitrogens with one attached hydrogen (secondary N) is 2. The Bertz CT molecular complexity index is 883. The molecule has 27 heavy (non-hydrogen) atoms. The summed E-state index contributed by atoms with van der Waals surface area (Å²) in [5.74, 6) is 0.904. The molecule has 1 aliphatic rings. The fourth-order valence-electron chi connectivity index (χ4n) is 2.93.